The monoisotopic (exact) mass is 287 g/mol. The lowest BCUT2D eigenvalue weighted by atomic mass is 9.97. The minimum absolute atomic E-state index is 0.0591. The molecule has 2 atom stereocenters. The summed E-state index contributed by atoms with van der Waals surface area (Å²) in [4.78, 5) is 0. The fraction of sp³-hybridized carbons (Fsp3) is 0.444. The summed E-state index contributed by atoms with van der Waals surface area (Å²) in [6, 6.07) is 14.7. The maximum absolute atomic E-state index is 5.61. The normalized spacial score (nSPS) is 14.9. The van der Waals surface area contributed by atoms with E-state index < -0.39 is 0 Å². The molecule has 2 rings (SSSR count). The number of hydrogen-bond acceptors (Lipinski definition) is 3. The van der Waals surface area contributed by atoms with Crippen LogP contribution in [0.25, 0.3) is 0 Å². The van der Waals surface area contributed by atoms with Crippen molar-refractivity contribution < 1.29 is 9.15 Å². The number of furan rings is 1. The second-order valence-electron chi connectivity index (χ2n) is 6.09. The van der Waals surface area contributed by atoms with Crippen LogP contribution in [0.2, 0.25) is 0 Å². The average Bonchev–Trinajstić information content (AvgIpc) is 2.99. The molecule has 3 heteroatoms. The zero-order chi connectivity index (χ0) is 15.3. The minimum Gasteiger partial charge on any atom is -0.467 e. The highest BCUT2D eigenvalue weighted by molar-refractivity contribution is 5.26. The number of ether oxygens (including phenoxy) is 1. The zero-order valence-electron chi connectivity index (χ0n) is 13.3. The highest BCUT2D eigenvalue weighted by atomic mass is 16.5. The summed E-state index contributed by atoms with van der Waals surface area (Å²) in [6.45, 7) is 6.39. The van der Waals surface area contributed by atoms with Gasteiger partial charge in [-0.15, -0.1) is 0 Å². The predicted molar refractivity (Wildman–Crippen MR) is 85.3 cm³/mol. The Labute approximate surface area is 127 Å². The van der Waals surface area contributed by atoms with Crippen LogP contribution in [0.15, 0.2) is 53.1 Å². The first-order valence-electron chi connectivity index (χ1n) is 7.41. The molecule has 1 N–H and O–H groups in total. The molecule has 1 heterocycles. The molecule has 3 nitrogen and oxygen atoms in total. The molecule has 0 aliphatic rings. The molecular formula is C18H25NO2. The van der Waals surface area contributed by atoms with E-state index in [1.54, 1.807) is 13.4 Å². The van der Waals surface area contributed by atoms with Gasteiger partial charge in [0, 0.05) is 13.2 Å². The molecule has 0 fully saturated rings. The Morgan fingerprint density at radius 3 is 2.43 bits per heavy atom. The molecule has 21 heavy (non-hydrogen) atoms. The van der Waals surface area contributed by atoms with Crippen molar-refractivity contribution in [1.29, 1.82) is 0 Å². The van der Waals surface area contributed by atoms with Gasteiger partial charge in [0.15, 0.2) is 0 Å². The lowest BCUT2D eigenvalue weighted by Gasteiger charge is -2.29. The van der Waals surface area contributed by atoms with Gasteiger partial charge in [-0.25, -0.2) is 0 Å². The zero-order valence-corrected chi connectivity index (χ0v) is 13.3. The van der Waals surface area contributed by atoms with Crippen LogP contribution >= 0.6 is 0 Å². The molecule has 0 amide bonds. The van der Waals surface area contributed by atoms with Gasteiger partial charge in [-0.2, -0.15) is 0 Å². The highest BCUT2D eigenvalue weighted by Crippen LogP contribution is 2.25. The molecular weight excluding hydrogens is 262 g/mol. The Bertz CT molecular complexity index is 519. The van der Waals surface area contributed by atoms with Gasteiger partial charge in [0.05, 0.1) is 17.9 Å². The molecule has 2 unspecified atom stereocenters. The first kappa shape index (κ1) is 15.8. The molecule has 0 aliphatic carbocycles. The van der Waals surface area contributed by atoms with E-state index in [1.807, 2.05) is 18.2 Å². The van der Waals surface area contributed by atoms with Crippen molar-refractivity contribution in [1.82, 2.24) is 5.32 Å². The van der Waals surface area contributed by atoms with E-state index in [0.29, 0.717) is 6.04 Å². The summed E-state index contributed by atoms with van der Waals surface area (Å²) < 4.78 is 11.1. The van der Waals surface area contributed by atoms with Crippen molar-refractivity contribution in [2.24, 2.45) is 0 Å². The van der Waals surface area contributed by atoms with E-state index in [2.05, 4.69) is 50.4 Å². The van der Waals surface area contributed by atoms with Crippen LogP contribution in [-0.4, -0.2) is 18.8 Å². The van der Waals surface area contributed by atoms with Gasteiger partial charge < -0.3 is 14.5 Å². The number of hydrogen-bond donors (Lipinski definition) is 1. The first-order valence-corrected chi connectivity index (χ1v) is 7.41. The molecule has 0 radical (unpaired) electrons. The molecule has 0 saturated carbocycles. The summed E-state index contributed by atoms with van der Waals surface area (Å²) in [5.74, 6) is 0.934. The number of nitrogens with one attached hydrogen (secondary N) is 1. The van der Waals surface area contributed by atoms with E-state index in [4.69, 9.17) is 9.15 Å². The standard InChI is InChI=1S/C18H25NO2/c1-14(13-18(2,3)20-4)19-17(16-11-8-12-21-16)15-9-6-5-7-10-15/h5-12,14,17,19H,13H2,1-4H3. The van der Waals surface area contributed by atoms with Crippen LogP contribution in [0.1, 0.15) is 44.6 Å². The van der Waals surface area contributed by atoms with E-state index in [-0.39, 0.29) is 11.6 Å². The van der Waals surface area contributed by atoms with Crippen LogP contribution in [0.5, 0.6) is 0 Å². The number of rotatable bonds is 7. The topological polar surface area (TPSA) is 34.4 Å². The lowest BCUT2D eigenvalue weighted by Crippen LogP contribution is -2.38. The Morgan fingerprint density at radius 2 is 1.86 bits per heavy atom. The fourth-order valence-electron chi connectivity index (χ4n) is 2.61. The molecule has 0 saturated heterocycles. The quantitative estimate of drug-likeness (QED) is 0.830. The van der Waals surface area contributed by atoms with Gasteiger partial charge in [0.25, 0.3) is 0 Å². The number of benzene rings is 1. The molecule has 1 aromatic heterocycles. The third kappa shape index (κ3) is 4.45. The van der Waals surface area contributed by atoms with Crippen LogP contribution in [0, 0.1) is 0 Å². The van der Waals surface area contributed by atoms with Gasteiger partial charge in [-0.05, 0) is 44.9 Å². The molecule has 2 aromatic rings. The van der Waals surface area contributed by atoms with Crippen molar-refractivity contribution in [3.05, 3.63) is 60.1 Å². The van der Waals surface area contributed by atoms with Crippen molar-refractivity contribution in [3.8, 4) is 0 Å². The third-order valence-corrected chi connectivity index (χ3v) is 3.76. The van der Waals surface area contributed by atoms with E-state index in [1.165, 1.54) is 5.56 Å². The van der Waals surface area contributed by atoms with Gasteiger partial charge in [0.2, 0.25) is 0 Å². The Balaban J connectivity index is 2.14. The van der Waals surface area contributed by atoms with Gasteiger partial charge in [0.1, 0.15) is 5.76 Å². The first-order chi connectivity index (χ1) is 10.0. The maximum atomic E-state index is 5.61. The Kier molecular flexibility index (Phi) is 5.21. The maximum Gasteiger partial charge on any atom is 0.125 e. The fourth-order valence-corrected chi connectivity index (χ4v) is 2.61. The van der Waals surface area contributed by atoms with Crippen molar-refractivity contribution in [3.63, 3.8) is 0 Å². The molecule has 114 valence electrons. The van der Waals surface area contributed by atoms with Gasteiger partial charge in [-0.1, -0.05) is 30.3 Å². The van der Waals surface area contributed by atoms with E-state index in [0.717, 1.165) is 12.2 Å². The van der Waals surface area contributed by atoms with Crippen LogP contribution < -0.4 is 5.32 Å². The summed E-state index contributed by atoms with van der Waals surface area (Å²) >= 11 is 0. The van der Waals surface area contributed by atoms with Crippen molar-refractivity contribution >= 4 is 0 Å². The van der Waals surface area contributed by atoms with E-state index >= 15 is 0 Å². The Morgan fingerprint density at radius 1 is 1.14 bits per heavy atom. The molecule has 0 bridgehead atoms. The third-order valence-electron chi connectivity index (χ3n) is 3.76. The van der Waals surface area contributed by atoms with Crippen molar-refractivity contribution in [2.45, 2.75) is 44.9 Å². The van der Waals surface area contributed by atoms with Crippen molar-refractivity contribution in [2.75, 3.05) is 7.11 Å². The van der Waals surface area contributed by atoms with Crippen LogP contribution in [0.3, 0.4) is 0 Å². The van der Waals surface area contributed by atoms with E-state index in [9.17, 15) is 0 Å². The SMILES string of the molecule is COC(C)(C)CC(C)NC(c1ccccc1)c1ccco1. The highest BCUT2D eigenvalue weighted by Gasteiger charge is 2.24. The molecule has 0 spiro atoms. The van der Waals surface area contributed by atoms with Gasteiger partial charge in [-0.3, -0.25) is 0 Å². The summed E-state index contributed by atoms with van der Waals surface area (Å²) in [5, 5.41) is 3.65. The second-order valence-corrected chi connectivity index (χ2v) is 6.09. The summed E-state index contributed by atoms with van der Waals surface area (Å²) in [5.41, 5.74) is 1.06. The summed E-state index contributed by atoms with van der Waals surface area (Å²) in [6.07, 6.45) is 2.64. The smallest absolute Gasteiger partial charge is 0.125 e. The lowest BCUT2D eigenvalue weighted by molar-refractivity contribution is 0.00782. The van der Waals surface area contributed by atoms with Gasteiger partial charge >= 0.3 is 0 Å². The minimum atomic E-state index is -0.142. The Hall–Kier alpha value is -1.58. The molecule has 1 aromatic carbocycles. The second kappa shape index (κ2) is 6.92. The summed E-state index contributed by atoms with van der Waals surface area (Å²) in [7, 11) is 1.76. The van der Waals surface area contributed by atoms with Crippen LogP contribution in [-0.2, 0) is 4.74 Å². The van der Waals surface area contributed by atoms with Crippen LogP contribution in [0.4, 0.5) is 0 Å². The number of methoxy groups -OCH3 is 1. The molecule has 0 aliphatic heterocycles. The average molecular weight is 287 g/mol. The predicted octanol–water partition coefficient (Wildman–Crippen LogP) is 4.16. The largest absolute Gasteiger partial charge is 0.467 e.